The van der Waals surface area contributed by atoms with Crippen LogP contribution in [0.2, 0.25) is 0 Å². The van der Waals surface area contributed by atoms with Crippen molar-refractivity contribution >= 4 is 11.9 Å². The van der Waals surface area contributed by atoms with Gasteiger partial charge in [0.05, 0.1) is 6.61 Å². The van der Waals surface area contributed by atoms with E-state index in [0.29, 0.717) is 44.9 Å². The molecule has 8 heteroatoms. The number of carbonyl (C=O) groups is 2. The van der Waals surface area contributed by atoms with Crippen LogP contribution in [0.4, 0.5) is 0 Å². The normalized spacial score (nSPS) is 25.7. The third kappa shape index (κ3) is 2.84. The first-order valence-corrected chi connectivity index (χ1v) is 7.96. The number of aromatic nitrogens is 2. The first kappa shape index (κ1) is 15.9. The van der Waals surface area contributed by atoms with Gasteiger partial charge in [-0.2, -0.15) is 5.10 Å². The molecule has 23 heavy (non-hydrogen) atoms. The molecule has 2 saturated heterocycles. The zero-order valence-corrected chi connectivity index (χ0v) is 13.2. The van der Waals surface area contributed by atoms with Gasteiger partial charge in [0.25, 0.3) is 5.91 Å². The number of hydrogen-bond acceptors (Lipinski definition) is 5. The molecule has 2 fully saturated rings. The van der Waals surface area contributed by atoms with E-state index >= 15 is 0 Å². The molecular formula is C15H22N4O4. The molecule has 0 aliphatic carbocycles. The lowest BCUT2D eigenvalue weighted by molar-refractivity contribution is -0.152. The predicted molar refractivity (Wildman–Crippen MR) is 81.2 cm³/mol. The molecule has 1 aromatic rings. The molecule has 0 bridgehead atoms. The highest BCUT2D eigenvalue weighted by molar-refractivity contribution is 5.92. The van der Waals surface area contributed by atoms with E-state index in [2.05, 4.69) is 10.2 Å². The lowest BCUT2D eigenvalue weighted by atomic mass is 9.95. The van der Waals surface area contributed by atoms with Crippen molar-refractivity contribution in [2.45, 2.75) is 25.3 Å². The number of nitrogens with one attached hydrogen (secondary N) is 1. The average Bonchev–Trinajstić information content (AvgIpc) is 3.24. The Balaban J connectivity index is 1.64. The summed E-state index contributed by atoms with van der Waals surface area (Å²) in [7, 11) is 0. The van der Waals surface area contributed by atoms with Crippen LogP contribution in [0.3, 0.4) is 0 Å². The highest BCUT2D eigenvalue weighted by atomic mass is 16.5. The number of ether oxygens (including phenoxy) is 1. The molecule has 1 atom stereocenters. The van der Waals surface area contributed by atoms with Gasteiger partial charge in [0, 0.05) is 44.9 Å². The maximum atomic E-state index is 12.5. The Morgan fingerprint density at radius 3 is 2.65 bits per heavy atom. The summed E-state index contributed by atoms with van der Waals surface area (Å²) in [5, 5.41) is 16.5. The standard InChI is InChI=1S/C15H22N4O4/c1-2-11-9-12(17-16-11)13(20)18-4-6-19(7-5-18)15(14(21)22)3-8-23-10-15/h9H,2-8,10H2,1H3,(H,16,17)(H,21,22). The van der Waals surface area contributed by atoms with Crippen molar-refractivity contribution < 1.29 is 19.4 Å². The van der Waals surface area contributed by atoms with Gasteiger partial charge >= 0.3 is 5.97 Å². The van der Waals surface area contributed by atoms with Gasteiger partial charge in [0.15, 0.2) is 0 Å². The minimum atomic E-state index is -0.934. The molecule has 0 aromatic carbocycles. The summed E-state index contributed by atoms with van der Waals surface area (Å²) in [5.41, 5.74) is 0.420. The highest BCUT2D eigenvalue weighted by Crippen LogP contribution is 2.28. The number of piperazine rings is 1. The second-order valence-electron chi connectivity index (χ2n) is 6.05. The largest absolute Gasteiger partial charge is 0.480 e. The van der Waals surface area contributed by atoms with E-state index in [1.165, 1.54) is 0 Å². The van der Waals surface area contributed by atoms with E-state index in [1.807, 2.05) is 11.8 Å². The molecule has 2 aliphatic heterocycles. The number of rotatable bonds is 4. The number of hydrogen-bond donors (Lipinski definition) is 2. The van der Waals surface area contributed by atoms with E-state index in [0.717, 1.165) is 12.1 Å². The summed E-state index contributed by atoms with van der Waals surface area (Å²) in [5.74, 6) is -0.942. The number of aromatic amines is 1. The number of H-pyrrole nitrogens is 1. The van der Waals surface area contributed by atoms with Crippen LogP contribution in [0.15, 0.2) is 6.07 Å². The average molecular weight is 322 g/mol. The molecule has 3 rings (SSSR count). The van der Waals surface area contributed by atoms with Crippen LogP contribution in [0.1, 0.15) is 29.5 Å². The molecule has 1 amide bonds. The summed E-state index contributed by atoms with van der Waals surface area (Å²) >= 11 is 0. The van der Waals surface area contributed by atoms with E-state index in [-0.39, 0.29) is 12.5 Å². The summed E-state index contributed by atoms with van der Waals surface area (Å²) in [6, 6.07) is 1.78. The maximum absolute atomic E-state index is 12.5. The second kappa shape index (κ2) is 6.29. The molecule has 1 unspecified atom stereocenters. The van der Waals surface area contributed by atoms with Crippen molar-refractivity contribution in [1.82, 2.24) is 20.0 Å². The van der Waals surface area contributed by atoms with Gasteiger partial charge in [-0.25, -0.2) is 0 Å². The number of aryl methyl sites for hydroxylation is 1. The van der Waals surface area contributed by atoms with Crippen molar-refractivity contribution in [3.63, 3.8) is 0 Å². The lowest BCUT2D eigenvalue weighted by Crippen LogP contribution is -2.61. The first-order chi connectivity index (χ1) is 11.1. The number of carbonyl (C=O) groups excluding carboxylic acids is 1. The molecular weight excluding hydrogens is 300 g/mol. The highest BCUT2D eigenvalue weighted by Gasteiger charge is 2.48. The molecule has 0 radical (unpaired) electrons. The molecule has 126 valence electrons. The summed E-state index contributed by atoms with van der Waals surface area (Å²) in [6.45, 7) is 4.76. The lowest BCUT2D eigenvalue weighted by Gasteiger charge is -2.42. The van der Waals surface area contributed by atoms with Crippen molar-refractivity contribution in [1.29, 1.82) is 0 Å². The Morgan fingerprint density at radius 2 is 2.13 bits per heavy atom. The monoisotopic (exact) mass is 322 g/mol. The summed E-state index contributed by atoms with van der Waals surface area (Å²) < 4.78 is 5.32. The molecule has 0 spiro atoms. The minimum absolute atomic E-state index is 0.104. The van der Waals surface area contributed by atoms with Crippen LogP contribution in [0.25, 0.3) is 0 Å². The zero-order valence-electron chi connectivity index (χ0n) is 13.2. The molecule has 2 N–H and O–H groups in total. The fourth-order valence-corrected chi connectivity index (χ4v) is 3.26. The smallest absolute Gasteiger partial charge is 0.326 e. The van der Waals surface area contributed by atoms with E-state index in [9.17, 15) is 14.7 Å². The van der Waals surface area contributed by atoms with Crippen molar-refractivity contribution in [3.8, 4) is 0 Å². The van der Waals surface area contributed by atoms with Gasteiger partial charge in [0.2, 0.25) is 0 Å². The molecule has 0 saturated carbocycles. The predicted octanol–water partition coefficient (Wildman–Crippen LogP) is -0.0264. The Labute approximate surface area is 134 Å². The third-order valence-corrected chi connectivity index (χ3v) is 4.80. The minimum Gasteiger partial charge on any atom is -0.480 e. The van der Waals surface area contributed by atoms with E-state index in [4.69, 9.17) is 4.74 Å². The third-order valence-electron chi connectivity index (χ3n) is 4.80. The SMILES string of the molecule is CCc1cc(C(=O)N2CCN(C3(C(=O)O)CCOC3)CC2)n[nH]1. The van der Waals surface area contributed by atoms with Crippen molar-refractivity contribution in [2.75, 3.05) is 39.4 Å². The van der Waals surface area contributed by atoms with Crippen molar-refractivity contribution in [3.05, 3.63) is 17.5 Å². The Bertz CT molecular complexity index is 586. The fraction of sp³-hybridized carbons (Fsp3) is 0.667. The summed E-state index contributed by atoms with van der Waals surface area (Å²) in [6.07, 6.45) is 1.30. The van der Waals surface area contributed by atoms with Gasteiger partial charge in [-0.15, -0.1) is 0 Å². The van der Waals surface area contributed by atoms with Crippen LogP contribution >= 0.6 is 0 Å². The van der Waals surface area contributed by atoms with Crippen LogP contribution in [-0.2, 0) is 16.0 Å². The van der Waals surface area contributed by atoms with Crippen LogP contribution in [-0.4, -0.2) is 81.9 Å². The van der Waals surface area contributed by atoms with Gasteiger partial charge < -0.3 is 14.7 Å². The maximum Gasteiger partial charge on any atom is 0.326 e. The quantitative estimate of drug-likeness (QED) is 0.808. The Hall–Kier alpha value is -1.93. The molecule has 1 aromatic heterocycles. The Morgan fingerprint density at radius 1 is 1.39 bits per heavy atom. The topological polar surface area (TPSA) is 98.8 Å². The molecule has 2 aliphatic rings. The van der Waals surface area contributed by atoms with Gasteiger partial charge in [-0.05, 0) is 12.5 Å². The fourth-order valence-electron chi connectivity index (χ4n) is 3.26. The number of aliphatic carboxylic acids is 1. The van der Waals surface area contributed by atoms with E-state index in [1.54, 1.807) is 11.0 Å². The van der Waals surface area contributed by atoms with Gasteiger partial charge in [-0.3, -0.25) is 19.6 Å². The van der Waals surface area contributed by atoms with Gasteiger partial charge in [0.1, 0.15) is 11.2 Å². The number of carboxylic acid groups (broad SMARTS) is 1. The van der Waals surface area contributed by atoms with Crippen LogP contribution < -0.4 is 0 Å². The zero-order chi connectivity index (χ0) is 16.4. The number of carboxylic acids is 1. The first-order valence-electron chi connectivity index (χ1n) is 7.96. The van der Waals surface area contributed by atoms with Crippen LogP contribution in [0.5, 0.6) is 0 Å². The molecule has 8 nitrogen and oxygen atoms in total. The second-order valence-corrected chi connectivity index (χ2v) is 6.05. The van der Waals surface area contributed by atoms with Gasteiger partial charge in [-0.1, -0.05) is 6.92 Å². The number of amides is 1. The van der Waals surface area contributed by atoms with Crippen molar-refractivity contribution in [2.24, 2.45) is 0 Å². The number of nitrogens with zero attached hydrogens (tertiary/aromatic N) is 3. The molecule has 3 heterocycles. The summed E-state index contributed by atoms with van der Waals surface area (Å²) in [4.78, 5) is 27.8. The Kier molecular flexibility index (Phi) is 4.36. The van der Waals surface area contributed by atoms with Crippen LogP contribution in [0, 0.1) is 0 Å². The van der Waals surface area contributed by atoms with E-state index < -0.39 is 11.5 Å².